The van der Waals surface area contributed by atoms with Gasteiger partial charge in [-0.2, -0.15) is 0 Å². The molecule has 1 rings (SSSR count). The first-order chi connectivity index (χ1) is 5.33. The van der Waals surface area contributed by atoms with Crippen LogP contribution in [0.3, 0.4) is 0 Å². The molecule has 1 heterocycles. The van der Waals surface area contributed by atoms with Gasteiger partial charge in [-0.1, -0.05) is 0 Å². The van der Waals surface area contributed by atoms with Crippen LogP contribution < -0.4 is 17.7 Å². The van der Waals surface area contributed by atoms with Crippen molar-refractivity contribution in [2.75, 3.05) is 5.88 Å². The molecule has 0 unspecified atom stereocenters. The quantitative estimate of drug-likeness (QED) is 0.566. The van der Waals surface area contributed by atoms with E-state index >= 15 is 0 Å². The van der Waals surface area contributed by atoms with E-state index in [1.165, 1.54) is 5.69 Å². The van der Waals surface area contributed by atoms with Gasteiger partial charge in [0.2, 0.25) is 0 Å². The van der Waals surface area contributed by atoms with Gasteiger partial charge in [-0.3, -0.25) is 4.98 Å². The van der Waals surface area contributed by atoms with Crippen molar-refractivity contribution in [2.45, 2.75) is 13.0 Å². The summed E-state index contributed by atoms with van der Waals surface area (Å²) < 4.78 is 0. The summed E-state index contributed by atoms with van der Waals surface area (Å²) in [6, 6.07) is 4.38. The average Bonchev–Trinajstić information content (AvgIpc) is 2.06. The summed E-state index contributed by atoms with van der Waals surface area (Å²) >= 11 is 5.66. The van der Waals surface area contributed by atoms with E-state index in [1.807, 2.05) is 12.1 Å². The second-order valence-electron chi connectivity index (χ2n) is 2.58. The lowest BCUT2D eigenvalue weighted by atomic mass is 10.3. The first kappa shape index (κ1) is 11.7. The lowest BCUT2D eigenvalue weighted by Crippen LogP contribution is -3.00. The lowest BCUT2D eigenvalue weighted by Gasteiger charge is -2.04. The molecule has 1 atom stereocenters. The molecule has 1 aromatic heterocycles. The molecule has 0 aromatic carbocycles. The molecule has 2 nitrogen and oxygen atoms in total. The van der Waals surface area contributed by atoms with Crippen molar-refractivity contribution in [3.05, 3.63) is 24.5 Å². The minimum atomic E-state index is 0. The third-order valence-electron chi connectivity index (χ3n) is 1.43. The molecule has 1 aromatic rings. The van der Waals surface area contributed by atoms with E-state index in [0.717, 1.165) is 0 Å². The summed E-state index contributed by atoms with van der Waals surface area (Å²) in [7, 11) is 0. The fraction of sp³-hybridized carbons (Fsp3) is 0.375. The summed E-state index contributed by atoms with van der Waals surface area (Å²) in [6.45, 7) is 2.09. The Morgan fingerprint density at radius 1 is 1.50 bits per heavy atom. The van der Waals surface area contributed by atoms with Crippen LogP contribution in [0.4, 0.5) is 5.69 Å². The molecule has 0 fully saturated rings. The standard InChI is InChI=1S/C8H11ClN2.ClH/c1-7(6-9)11-8-2-4-10-5-3-8;/h2-5,7H,6H2,1H3,(H,10,11);1H/t7-;/m0./s1. The minimum Gasteiger partial charge on any atom is -1.00 e. The van der Waals surface area contributed by atoms with Crippen molar-refractivity contribution in [1.29, 1.82) is 0 Å². The fourth-order valence-corrected chi connectivity index (χ4v) is 0.937. The van der Waals surface area contributed by atoms with Gasteiger partial charge in [0, 0.05) is 24.5 Å². The van der Waals surface area contributed by atoms with Crippen LogP contribution in [0.1, 0.15) is 6.92 Å². The SMILES string of the molecule is C[C@@H](CCl)[NH2+]c1ccncc1.[Cl-]. The molecule has 0 aliphatic heterocycles. The van der Waals surface area contributed by atoms with Gasteiger partial charge >= 0.3 is 0 Å². The van der Waals surface area contributed by atoms with Crippen LogP contribution in [0.15, 0.2) is 24.5 Å². The van der Waals surface area contributed by atoms with E-state index in [0.29, 0.717) is 11.9 Å². The lowest BCUT2D eigenvalue weighted by molar-refractivity contribution is -0.602. The Kier molecular flexibility index (Phi) is 6.07. The molecule has 0 aliphatic carbocycles. The van der Waals surface area contributed by atoms with E-state index in [9.17, 15) is 0 Å². The zero-order valence-electron chi connectivity index (χ0n) is 6.87. The normalized spacial score (nSPS) is 11.8. The summed E-state index contributed by atoms with van der Waals surface area (Å²) in [4.78, 5) is 3.93. The highest BCUT2D eigenvalue weighted by molar-refractivity contribution is 6.18. The smallest absolute Gasteiger partial charge is 0.132 e. The maximum absolute atomic E-state index is 5.66. The van der Waals surface area contributed by atoms with Gasteiger partial charge in [-0.25, -0.2) is 0 Å². The Morgan fingerprint density at radius 3 is 2.58 bits per heavy atom. The van der Waals surface area contributed by atoms with Gasteiger partial charge < -0.3 is 17.7 Å². The number of nitrogens with two attached hydrogens (primary N) is 1. The van der Waals surface area contributed by atoms with E-state index in [2.05, 4.69) is 17.2 Å². The van der Waals surface area contributed by atoms with Crippen LogP contribution >= 0.6 is 11.6 Å². The molecule has 0 aliphatic rings. The Hall–Kier alpha value is -0.310. The predicted molar refractivity (Wildman–Crippen MR) is 46.0 cm³/mol. The molecule has 68 valence electrons. The van der Waals surface area contributed by atoms with Crippen LogP contribution in [0.2, 0.25) is 0 Å². The van der Waals surface area contributed by atoms with Crippen LogP contribution in [-0.2, 0) is 0 Å². The highest BCUT2D eigenvalue weighted by atomic mass is 35.5. The van der Waals surface area contributed by atoms with Crippen molar-refractivity contribution in [3.8, 4) is 0 Å². The van der Waals surface area contributed by atoms with Gasteiger partial charge in [0.25, 0.3) is 0 Å². The molecule has 0 radical (unpaired) electrons. The highest BCUT2D eigenvalue weighted by Crippen LogP contribution is 1.94. The minimum absolute atomic E-state index is 0. The molecule has 0 saturated heterocycles. The van der Waals surface area contributed by atoms with Gasteiger partial charge in [0.05, 0.1) is 5.88 Å². The van der Waals surface area contributed by atoms with Gasteiger partial charge in [-0.15, -0.1) is 11.6 Å². The number of rotatable bonds is 3. The largest absolute Gasteiger partial charge is 1.00 e. The van der Waals surface area contributed by atoms with Crippen LogP contribution in [0.25, 0.3) is 0 Å². The maximum Gasteiger partial charge on any atom is 0.132 e. The summed E-state index contributed by atoms with van der Waals surface area (Å²) in [6.07, 6.45) is 3.57. The van der Waals surface area contributed by atoms with Crippen molar-refractivity contribution < 1.29 is 17.7 Å². The van der Waals surface area contributed by atoms with E-state index in [4.69, 9.17) is 11.6 Å². The number of quaternary nitrogens is 1. The fourth-order valence-electron chi connectivity index (χ4n) is 0.848. The predicted octanol–water partition coefficient (Wildman–Crippen LogP) is -2.09. The van der Waals surface area contributed by atoms with Crippen LogP contribution in [0.5, 0.6) is 0 Å². The second-order valence-corrected chi connectivity index (χ2v) is 2.89. The number of nitrogens with zero attached hydrogens (tertiary/aromatic N) is 1. The Balaban J connectivity index is 0.00000121. The van der Waals surface area contributed by atoms with Crippen LogP contribution in [-0.4, -0.2) is 16.9 Å². The van der Waals surface area contributed by atoms with Gasteiger partial charge in [-0.05, 0) is 6.92 Å². The number of halogens is 2. The first-order valence-electron chi connectivity index (χ1n) is 3.64. The van der Waals surface area contributed by atoms with E-state index in [-0.39, 0.29) is 12.4 Å². The molecule has 0 spiro atoms. The van der Waals surface area contributed by atoms with Crippen molar-refractivity contribution in [2.24, 2.45) is 0 Å². The molecular weight excluding hydrogens is 195 g/mol. The van der Waals surface area contributed by atoms with Crippen molar-refractivity contribution >= 4 is 17.3 Å². The summed E-state index contributed by atoms with van der Waals surface area (Å²) in [5.41, 5.74) is 1.19. The molecule has 2 N–H and O–H groups in total. The molecule has 0 bridgehead atoms. The third kappa shape index (κ3) is 3.90. The zero-order chi connectivity index (χ0) is 8.10. The van der Waals surface area contributed by atoms with Crippen molar-refractivity contribution in [1.82, 2.24) is 4.98 Å². The number of pyridine rings is 1. The maximum atomic E-state index is 5.66. The van der Waals surface area contributed by atoms with Gasteiger partial charge in [0.1, 0.15) is 11.7 Å². The Morgan fingerprint density at radius 2 is 2.08 bits per heavy atom. The third-order valence-corrected chi connectivity index (χ3v) is 1.91. The summed E-state index contributed by atoms with van der Waals surface area (Å²) in [5, 5.41) is 2.13. The van der Waals surface area contributed by atoms with E-state index < -0.39 is 0 Å². The monoisotopic (exact) mass is 206 g/mol. The number of hydrogen-bond acceptors (Lipinski definition) is 1. The molecule has 0 saturated carbocycles. The number of aromatic nitrogens is 1. The molecular formula is C8H12Cl2N2. The zero-order valence-corrected chi connectivity index (χ0v) is 8.39. The highest BCUT2D eigenvalue weighted by Gasteiger charge is 2.02. The van der Waals surface area contributed by atoms with E-state index in [1.54, 1.807) is 12.4 Å². The van der Waals surface area contributed by atoms with Gasteiger partial charge in [0.15, 0.2) is 0 Å². The topological polar surface area (TPSA) is 29.5 Å². The number of hydrogen-bond donors (Lipinski definition) is 1. The first-order valence-corrected chi connectivity index (χ1v) is 4.17. The average molecular weight is 207 g/mol. The summed E-state index contributed by atoms with van der Waals surface area (Å²) in [5.74, 6) is 0.669. The molecule has 4 heteroatoms. The Labute approximate surface area is 83.8 Å². The van der Waals surface area contributed by atoms with Crippen LogP contribution in [0, 0.1) is 0 Å². The number of alkyl halides is 1. The molecule has 0 amide bonds. The Bertz CT molecular complexity index is 203. The second kappa shape index (κ2) is 6.23. The molecule has 12 heavy (non-hydrogen) atoms. The van der Waals surface area contributed by atoms with Crippen molar-refractivity contribution in [3.63, 3.8) is 0 Å².